The molecule has 0 radical (unpaired) electrons. The third-order valence-electron chi connectivity index (χ3n) is 6.17. The van der Waals surface area contributed by atoms with E-state index in [0.29, 0.717) is 12.2 Å². The molecular weight excluding hydrogens is 478 g/mol. The van der Waals surface area contributed by atoms with Gasteiger partial charge >= 0.3 is 6.09 Å². The molecule has 2 N–H and O–H groups in total. The molecule has 0 heterocycles. The van der Waals surface area contributed by atoms with Crippen LogP contribution in [-0.2, 0) is 14.3 Å². The first kappa shape index (κ1) is 28.7. The molecule has 0 spiro atoms. The Morgan fingerprint density at radius 2 is 1.61 bits per heavy atom. The van der Waals surface area contributed by atoms with Crippen LogP contribution in [0.2, 0.25) is 0 Å². The van der Waals surface area contributed by atoms with Gasteiger partial charge in [-0.2, -0.15) is 0 Å². The number of rotatable bonds is 10. The van der Waals surface area contributed by atoms with Crippen molar-refractivity contribution in [3.05, 3.63) is 77.9 Å². The van der Waals surface area contributed by atoms with E-state index < -0.39 is 17.7 Å². The van der Waals surface area contributed by atoms with Crippen LogP contribution >= 0.6 is 0 Å². The molecule has 0 saturated heterocycles. The lowest BCUT2D eigenvalue weighted by Gasteiger charge is -2.32. The fourth-order valence-electron chi connectivity index (χ4n) is 4.32. The standard InChI is InChI=1S/C31H39N3O4/c1-6-7-12-19-34(27(35)21-32-30(37)38-31(3,4)5)28(26-16-11-8-13-22(26)2)29(36)33-25-18-17-23-14-9-10-15-24(23)20-25/h8-11,13-18,20,28H,6-7,12,19,21H2,1-5H3,(H,32,37)(H,33,36). The molecule has 0 bridgehead atoms. The SMILES string of the molecule is CCCCCN(C(=O)CNC(=O)OC(C)(C)C)C(C(=O)Nc1ccc2ccccc2c1)c1ccccc1C. The summed E-state index contributed by atoms with van der Waals surface area (Å²) in [6, 6.07) is 20.4. The zero-order valence-electron chi connectivity index (χ0n) is 23.0. The molecule has 0 saturated carbocycles. The summed E-state index contributed by atoms with van der Waals surface area (Å²) in [7, 11) is 0. The number of anilines is 1. The second-order valence-electron chi connectivity index (χ2n) is 10.5. The number of nitrogens with zero attached hydrogens (tertiary/aromatic N) is 1. The summed E-state index contributed by atoms with van der Waals surface area (Å²) >= 11 is 0. The minimum Gasteiger partial charge on any atom is -0.444 e. The van der Waals surface area contributed by atoms with Gasteiger partial charge in [0.2, 0.25) is 5.91 Å². The molecule has 0 aliphatic heterocycles. The molecule has 7 nitrogen and oxygen atoms in total. The number of unbranched alkanes of at least 4 members (excludes halogenated alkanes) is 2. The number of hydrogen-bond donors (Lipinski definition) is 2. The van der Waals surface area contributed by atoms with Crippen LogP contribution in [0, 0.1) is 6.92 Å². The van der Waals surface area contributed by atoms with Crippen LogP contribution in [0.4, 0.5) is 10.5 Å². The van der Waals surface area contributed by atoms with E-state index in [0.717, 1.165) is 41.2 Å². The van der Waals surface area contributed by atoms with E-state index in [-0.39, 0.29) is 18.4 Å². The van der Waals surface area contributed by atoms with E-state index in [4.69, 9.17) is 4.74 Å². The van der Waals surface area contributed by atoms with Crippen LogP contribution < -0.4 is 10.6 Å². The minimum absolute atomic E-state index is 0.271. The maximum Gasteiger partial charge on any atom is 0.408 e. The van der Waals surface area contributed by atoms with Crippen molar-refractivity contribution in [3.8, 4) is 0 Å². The summed E-state index contributed by atoms with van der Waals surface area (Å²) in [6.45, 7) is 9.41. The first-order chi connectivity index (χ1) is 18.1. The quantitative estimate of drug-likeness (QED) is 0.306. The molecule has 3 aromatic rings. The van der Waals surface area contributed by atoms with Gasteiger partial charge in [-0.3, -0.25) is 9.59 Å². The lowest BCUT2D eigenvalue weighted by molar-refractivity contribution is -0.138. The highest BCUT2D eigenvalue weighted by molar-refractivity contribution is 6.00. The van der Waals surface area contributed by atoms with E-state index in [1.54, 1.807) is 25.7 Å². The van der Waals surface area contributed by atoms with Crippen molar-refractivity contribution in [2.45, 2.75) is 65.5 Å². The molecule has 3 aromatic carbocycles. The molecule has 3 rings (SSSR count). The average molecular weight is 518 g/mol. The van der Waals surface area contributed by atoms with Gasteiger partial charge in [0.15, 0.2) is 0 Å². The van der Waals surface area contributed by atoms with Crippen molar-refractivity contribution in [2.24, 2.45) is 0 Å². The van der Waals surface area contributed by atoms with Crippen LogP contribution in [0.25, 0.3) is 10.8 Å². The molecule has 3 amide bonds. The Morgan fingerprint density at radius 3 is 2.29 bits per heavy atom. The maximum atomic E-state index is 13.9. The van der Waals surface area contributed by atoms with Gasteiger partial charge in [-0.15, -0.1) is 0 Å². The monoisotopic (exact) mass is 517 g/mol. The number of ether oxygens (including phenoxy) is 1. The van der Waals surface area contributed by atoms with Crippen molar-refractivity contribution >= 4 is 34.4 Å². The van der Waals surface area contributed by atoms with E-state index in [2.05, 4.69) is 17.6 Å². The van der Waals surface area contributed by atoms with Gasteiger partial charge in [0.05, 0.1) is 0 Å². The van der Waals surface area contributed by atoms with Crippen LogP contribution in [0.1, 0.15) is 64.1 Å². The number of fused-ring (bicyclic) bond motifs is 1. The van der Waals surface area contributed by atoms with Crippen molar-refractivity contribution in [3.63, 3.8) is 0 Å². The van der Waals surface area contributed by atoms with Gasteiger partial charge in [-0.25, -0.2) is 4.79 Å². The smallest absolute Gasteiger partial charge is 0.408 e. The molecule has 202 valence electrons. The fourth-order valence-corrected chi connectivity index (χ4v) is 4.32. The Balaban J connectivity index is 1.92. The van der Waals surface area contributed by atoms with Gasteiger partial charge < -0.3 is 20.3 Å². The maximum absolute atomic E-state index is 13.9. The van der Waals surface area contributed by atoms with Gasteiger partial charge in [0.25, 0.3) is 5.91 Å². The van der Waals surface area contributed by atoms with Crippen LogP contribution in [-0.4, -0.2) is 41.5 Å². The van der Waals surface area contributed by atoms with Crippen LogP contribution in [0.3, 0.4) is 0 Å². The number of benzene rings is 3. The third kappa shape index (κ3) is 8.07. The molecule has 38 heavy (non-hydrogen) atoms. The molecular formula is C31H39N3O4. The topological polar surface area (TPSA) is 87.7 Å². The summed E-state index contributed by atoms with van der Waals surface area (Å²) in [5.41, 5.74) is 1.62. The van der Waals surface area contributed by atoms with Crippen molar-refractivity contribution in [1.82, 2.24) is 10.2 Å². The summed E-state index contributed by atoms with van der Waals surface area (Å²) < 4.78 is 5.29. The number of carbonyl (C=O) groups is 3. The summed E-state index contributed by atoms with van der Waals surface area (Å²) in [5, 5.41) is 7.68. The molecule has 0 fully saturated rings. The Kier molecular flexibility index (Phi) is 9.88. The van der Waals surface area contributed by atoms with Gasteiger partial charge in [-0.1, -0.05) is 74.4 Å². The van der Waals surface area contributed by atoms with E-state index in [1.165, 1.54) is 0 Å². The highest BCUT2D eigenvalue weighted by atomic mass is 16.6. The average Bonchev–Trinajstić information content (AvgIpc) is 2.86. The Labute approximate surface area is 225 Å². The largest absolute Gasteiger partial charge is 0.444 e. The predicted molar refractivity (Wildman–Crippen MR) is 152 cm³/mol. The lowest BCUT2D eigenvalue weighted by atomic mass is 9.98. The molecule has 0 aromatic heterocycles. The predicted octanol–water partition coefficient (Wildman–Crippen LogP) is 6.37. The van der Waals surface area contributed by atoms with Crippen molar-refractivity contribution in [2.75, 3.05) is 18.4 Å². The second-order valence-corrected chi connectivity index (χ2v) is 10.5. The van der Waals surface area contributed by atoms with Crippen molar-refractivity contribution in [1.29, 1.82) is 0 Å². The zero-order valence-corrected chi connectivity index (χ0v) is 23.0. The van der Waals surface area contributed by atoms with Crippen LogP contribution in [0.5, 0.6) is 0 Å². The van der Waals surface area contributed by atoms with E-state index in [1.807, 2.05) is 73.7 Å². The normalized spacial score (nSPS) is 12.0. The highest BCUT2D eigenvalue weighted by Gasteiger charge is 2.32. The Bertz CT molecular complexity index is 1270. The van der Waals surface area contributed by atoms with Gasteiger partial charge in [0, 0.05) is 12.2 Å². The van der Waals surface area contributed by atoms with E-state index in [9.17, 15) is 14.4 Å². The zero-order chi connectivity index (χ0) is 27.7. The number of alkyl carbamates (subject to hydrolysis) is 1. The third-order valence-corrected chi connectivity index (χ3v) is 6.17. The number of aryl methyl sites for hydroxylation is 1. The first-order valence-corrected chi connectivity index (χ1v) is 13.2. The highest BCUT2D eigenvalue weighted by Crippen LogP contribution is 2.28. The molecule has 7 heteroatoms. The number of carbonyl (C=O) groups excluding carboxylic acids is 3. The summed E-state index contributed by atoms with van der Waals surface area (Å²) in [4.78, 5) is 41.2. The molecule has 1 unspecified atom stereocenters. The Morgan fingerprint density at radius 1 is 0.921 bits per heavy atom. The molecule has 0 aliphatic rings. The summed E-state index contributed by atoms with van der Waals surface area (Å²) in [6.07, 6.45) is 1.94. The Hall–Kier alpha value is -3.87. The molecule has 1 atom stereocenters. The second kappa shape index (κ2) is 13.1. The van der Waals surface area contributed by atoms with Crippen LogP contribution in [0.15, 0.2) is 66.7 Å². The molecule has 0 aliphatic carbocycles. The number of hydrogen-bond acceptors (Lipinski definition) is 4. The van der Waals surface area contributed by atoms with E-state index >= 15 is 0 Å². The lowest BCUT2D eigenvalue weighted by Crippen LogP contribution is -2.47. The fraction of sp³-hybridized carbons (Fsp3) is 0.387. The first-order valence-electron chi connectivity index (χ1n) is 13.2. The number of nitrogens with one attached hydrogen (secondary N) is 2. The van der Waals surface area contributed by atoms with Gasteiger partial charge in [-0.05, 0) is 68.1 Å². The number of amides is 3. The van der Waals surface area contributed by atoms with Gasteiger partial charge in [0.1, 0.15) is 18.2 Å². The minimum atomic E-state index is -0.868. The van der Waals surface area contributed by atoms with Crippen molar-refractivity contribution < 1.29 is 19.1 Å². The summed E-state index contributed by atoms with van der Waals surface area (Å²) in [5.74, 6) is -0.662.